The molecule has 0 aliphatic heterocycles. The summed E-state index contributed by atoms with van der Waals surface area (Å²) in [6, 6.07) is 11.0. The van der Waals surface area contributed by atoms with Crippen molar-refractivity contribution < 1.29 is 13.5 Å². The Labute approximate surface area is 130 Å². The number of halogens is 2. The average Bonchev–Trinajstić information content (AvgIpc) is 2.44. The average molecular weight is 377 g/mol. The first-order valence-corrected chi connectivity index (χ1v) is 8.26. The maximum atomic E-state index is 12.3. The Morgan fingerprint density at radius 3 is 2.60 bits per heavy atom. The number of hydrogen-bond acceptors (Lipinski definition) is 3. The number of nitrogens with one attached hydrogen (secondary N) is 1. The van der Waals surface area contributed by atoms with Crippen LogP contribution in [-0.2, 0) is 16.6 Å². The number of hydrogen-bond donors (Lipinski definition) is 2. The third kappa shape index (κ3) is 3.32. The van der Waals surface area contributed by atoms with Crippen LogP contribution < -0.4 is 4.72 Å². The van der Waals surface area contributed by atoms with Gasteiger partial charge in [0, 0.05) is 0 Å². The van der Waals surface area contributed by atoms with Gasteiger partial charge in [0.2, 0.25) is 0 Å². The molecule has 0 spiro atoms. The molecule has 7 heteroatoms. The molecule has 0 radical (unpaired) electrons. The number of rotatable bonds is 4. The van der Waals surface area contributed by atoms with Gasteiger partial charge in [0.1, 0.15) is 0 Å². The Kier molecular flexibility index (Phi) is 4.70. The third-order valence-corrected chi connectivity index (χ3v) is 5.35. The van der Waals surface area contributed by atoms with E-state index < -0.39 is 10.0 Å². The topological polar surface area (TPSA) is 66.4 Å². The van der Waals surface area contributed by atoms with Crippen molar-refractivity contribution in [2.75, 3.05) is 4.72 Å². The van der Waals surface area contributed by atoms with Gasteiger partial charge in [0.15, 0.2) is 0 Å². The van der Waals surface area contributed by atoms with Crippen molar-refractivity contribution in [3.8, 4) is 0 Å². The lowest BCUT2D eigenvalue weighted by atomic mass is 10.2. The molecule has 2 aromatic rings. The van der Waals surface area contributed by atoms with Gasteiger partial charge in [-0.2, -0.15) is 0 Å². The lowest BCUT2D eigenvalue weighted by Gasteiger charge is -2.11. The zero-order valence-corrected chi connectivity index (χ0v) is 13.3. The molecule has 106 valence electrons. The largest absolute Gasteiger partial charge is 0.392 e. The van der Waals surface area contributed by atoms with E-state index in [1.165, 1.54) is 12.1 Å². The molecule has 2 N–H and O–H groups in total. The highest BCUT2D eigenvalue weighted by Crippen LogP contribution is 2.31. The molecule has 0 aliphatic carbocycles. The van der Waals surface area contributed by atoms with Crippen LogP contribution in [0.2, 0.25) is 5.02 Å². The molecule has 0 heterocycles. The minimum atomic E-state index is -3.73. The zero-order chi connectivity index (χ0) is 14.8. The zero-order valence-electron chi connectivity index (χ0n) is 10.2. The molecule has 2 aromatic carbocycles. The monoisotopic (exact) mass is 375 g/mol. The second-order valence-electron chi connectivity index (χ2n) is 4.01. The predicted octanol–water partition coefficient (Wildman–Crippen LogP) is 3.40. The second kappa shape index (κ2) is 6.13. The van der Waals surface area contributed by atoms with Gasteiger partial charge in [-0.3, -0.25) is 4.72 Å². The van der Waals surface area contributed by atoms with Gasteiger partial charge < -0.3 is 5.11 Å². The highest BCUT2D eigenvalue weighted by atomic mass is 79.9. The Balaban J connectivity index is 2.38. The number of aliphatic hydroxyl groups is 1. The second-order valence-corrected chi connectivity index (χ2v) is 6.89. The van der Waals surface area contributed by atoms with Crippen LogP contribution in [0.15, 0.2) is 51.8 Å². The first-order valence-electron chi connectivity index (χ1n) is 5.60. The molecule has 0 atom stereocenters. The van der Waals surface area contributed by atoms with Gasteiger partial charge in [-0.1, -0.05) is 29.8 Å². The molecule has 0 saturated carbocycles. The lowest BCUT2D eigenvalue weighted by Crippen LogP contribution is -2.13. The first kappa shape index (κ1) is 15.3. The molecule has 20 heavy (non-hydrogen) atoms. The highest BCUT2D eigenvalue weighted by molar-refractivity contribution is 9.10. The van der Waals surface area contributed by atoms with Crippen LogP contribution in [0, 0.1) is 0 Å². The van der Waals surface area contributed by atoms with E-state index in [0.29, 0.717) is 20.7 Å². The van der Waals surface area contributed by atoms with Crippen molar-refractivity contribution in [3.05, 3.63) is 57.5 Å². The van der Waals surface area contributed by atoms with Crippen molar-refractivity contribution in [2.45, 2.75) is 11.5 Å². The van der Waals surface area contributed by atoms with Gasteiger partial charge in [-0.05, 0) is 45.8 Å². The van der Waals surface area contributed by atoms with Crippen LogP contribution in [-0.4, -0.2) is 13.5 Å². The van der Waals surface area contributed by atoms with Crippen LogP contribution in [0.4, 0.5) is 5.69 Å². The van der Waals surface area contributed by atoms with Crippen molar-refractivity contribution in [1.29, 1.82) is 0 Å². The van der Waals surface area contributed by atoms with E-state index in [1.807, 2.05) is 0 Å². The fourth-order valence-electron chi connectivity index (χ4n) is 1.60. The van der Waals surface area contributed by atoms with Gasteiger partial charge in [0.25, 0.3) is 10.0 Å². The Morgan fingerprint density at radius 1 is 1.20 bits per heavy atom. The van der Waals surface area contributed by atoms with E-state index in [4.69, 9.17) is 16.7 Å². The van der Waals surface area contributed by atoms with Crippen molar-refractivity contribution in [3.63, 3.8) is 0 Å². The van der Waals surface area contributed by atoms with Crippen LogP contribution in [0.1, 0.15) is 5.56 Å². The maximum Gasteiger partial charge on any atom is 0.261 e. The predicted molar refractivity (Wildman–Crippen MR) is 82.3 cm³/mol. The Morgan fingerprint density at radius 2 is 1.90 bits per heavy atom. The van der Waals surface area contributed by atoms with Crippen LogP contribution in [0.3, 0.4) is 0 Å². The molecule has 0 unspecified atom stereocenters. The van der Waals surface area contributed by atoms with Crippen molar-refractivity contribution >= 4 is 43.2 Å². The first-order chi connectivity index (χ1) is 9.44. The summed E-state index contributed by atoms with van der Waals surface area (Å²) < 4.78 is 27.5. The standard InChI is InChI=1S/C13H11BrClNO3S/c14-13-11(15)5-2-6-12(13)16-20(18,19)10-4-1-3-9(7-10)8-17/h1-7,16-17H,8H2. The molecule has 0 aromatic heterocycles. The molecule has 0 bridgehead atoms. The minimum Gasteiger partial charge on any atom is -0.392 e. The smallest absolute Gasteiger partial charge is 0.261 e. The fraction of sp³-hybridized carbons (Fsp3) is 0.0769. The fourth-order valence-corrected chi connectivity index (χ4v) is 3.41. The Hall–Kier alpha value is -1.08. The maximum absolute atomic E-state index is 12.3. The molecule has 2 rings (SSSR count). The number of benzene rings is 2. The lowest BCUT2D eigenvalue weighted by molar-refractivity contribution is 0.281. The molecule has 0 saturated heterocycles. The molecular formula is C13H11BrClNO3S. The van der Waals surface area contributed by atoms with Gasteiger partial charge in [0.05, 0.1) is 26.7 Å². The molecule has 0 fully saturated rings. The highest BCUT2D eigenvalue weighted by Gasteiger charge is 2.16. The summed E-state index contributed by atoms with van der Waals surface area (Å²) in [7, 11) is -3.73. The summed E-state index contributed by atoms with van der Waals surface area (Å²) in [5, 5.41) is 9.47. The van der Waals surface area contributed by atoms with Gasteiger partial charge >= 0.3 is 0 Å². The van der Waals surface area contributed by atoms with E-state index in [0.717, 1.165) is 0 Å². The number of aliphatic hydroxyl groups excluding tert-OH is 1. The number of sulfonamides is 1. The molecular weight excluding hydrogens is 366 g/mol. The third-order valence-electron chi connectivity index (χ3n) is 2.59. The summed E-state index contributed by atoms with van der Waals surface area (Å²) >= 11 is 9.16. The SMILES string of the molecule is O=S(=O)(Nc1cccc(Cl)c1Br)c1cccc(CO)c1. The van der Waals surface area contributed by atoms with Gasteiger partial charge in [-0.15, -0.1) is 0 Å². The number of anilines is 1. The van der Waals surface area contributed by atoms with E-state index in [1.54, 1.807) is 30.3 Å². The summed E-state index contributed by atoms with van der Waals surface area (Å²) in [6.07, 6.45) is 0. The quantitative estimate of drug-likeness (QED) is 0.859. The van der Waals surface area contributed by atoms with E-state index in [9.17, 15) is 8.42 Å². The van der Waals surface area contributed by atoms with Crippen LogP contribution >= 0.6 is 27.5 Å². The van der Waals surface area contributed by atoms with Crippen molar-refractivity contribution in [2.24, 2.45) is 0 Å². The van der Waals surface area contributed by atoms with Gasteiger partial charge in [-0.25, -0.2) is 8.42 Å². The Bertz CT molecular complexity index is 734. The molecule has 0 amide bonds. The molecule has 4 nitrogen and oxygen atoms in total. The van der Waals surface area contributed by atoms with E-state index in [2.05, 4.69) is 20.7 Å². The normalized spacial score (nSPS) is 11.3. The van der Waals surface area contributed by atoms with E-state index in [-0.39, 0.29) is 11.5 Å². The van der Waals surface area contributed by atoms with Crippen LogP contribution in [0.25, 0.3) is 0 Å². The minimum absolute atomic E-state index is 0.0796. The van der Waals surface area contributed by atoms with Crippen molar-refractivity contribution in [1.82, 2.24) is 0 Å². The molecule has 0 aliphatic rings. The summed E-state index contributed by atoms with van der Waals surface area (Å²) in [5.74, 6) is 0. The van der Waals surface area contributed by atoms with Crippen LogP contribution in [0.5, 0.6) is 0 Å². The van der Waals surface area contributed by atoms with E-state index >= 15 is 0 Å². The summed E-state index contributed by atoms with van der Waals surface area (Å²) in [6.45, 7) is -0.218. The summed E-state index contributed by atoms with van der Waals surface area (Å²) in [5.41, 5.74) is 0.880. The summed E-state index contributed by atoms with van der Waals surface area (Å²) in [4.78, 5) is 0.0796.